The number of benzene rings is 2. The minimum atomic E-state index is -0.461. The number of rotatable bonds is 4. The van der Waals surface area contributed by atoms with Crippen LogP contribution < -0.4 is 5.32 Å². The van der Waals surface area contributed by atoms with Crippen molar-refractivity contribution in [1.29, 1.82) is 0 Å². The number of ether oxygens (including phenoxy) is 1. The van der Waals surface area contributed by atoms with Crippen molar-refractivity contribution in [2.75, 3.05) is 0 Å². The Balaban J connectivity index is 1.58. The second-order valence-electron chi connectivity index (χ2n) is 5.07. The van der Waals surface area contributed by atoms with Gasteiger partial charge in [0.25, 0.3) is 0 Å². The Morgan fingerprint density at radius 1 is 1.18 bits per heavy atom. The van der Waals surface area contributed by atoms with Gasteiger partial charge in [0.2, 0.25) is 0 Å². The number of fused-ring (bicyclic) bond motifs is 1. The molecule has 0 radical (unpaired) electrons. The lowest BCUT2D eigenvalue weighted by Gasteiger charge is -2.11. The summed E-state index contributed by atoms with van der Waals surface area (Å²) in [6.07, 6.45) is -0.461. The topological polar surface area (TPSA) is 67.0 Å². The molecule has 0 unspecified atom stereocenters. The number of para-hydroxylation sites is 2. The van der Waals surface area contributed by atoms with Crippen LogP contribution in [0.4, 0.5) is 4.79 Å². The summed E-state index contributed by atoms with van der Waals surface area (Å²) in [5.74, 6) is 0.706. The molecular formula is C17H17N3O2. The maximum Gasteiger partial charge on any atom is 0.408 e. The number of aromatic nitrogens is 2. The van der Waals surface area contributed by atoms with Crippen LogP contribution in [-0.2, 0) is 11.3 Å². The SMILES string of the molecule is C[C@H](NC(=O)OCc1ccccc1)c1nc2ccccc2[nH]1. The molecule has 3 rings (SSSR count). The zero-order valence-corrected chi connectivity index (χ0v) is 12.2. The lowest BCUT2D eigenvalue weighted by atomic mass is 10.2. The van der Waals surface area contributed by atoms with Crippen LogP contribution in [0.15, 0.2) is 54.6 Å². The van der Waals surface area contributed by atoms with Crippen LogP contribution in [-0.4, -0.2) is 16.1 Å². The quantitative estimate of drug-likeness (QED) is 0.773. The van der Waals surface area contributed by atoms with Crippen molar-refractivity contribution in [3.63, 3.8) is 0 Å². The van der Waals surface area contributed by atoms with E-state index < -0.39 is 6.09 Å². The van der Waals surface area contributed by atoms with E-state index in [-0.39, 0.29) is 12.6 Å². The van der Waals surface area contributed by atoms with Crippen molar-refractivity contribution in [3.8, 4) is 0 Å². The third kappa shape index (κ3) is 3.25. The van der Waals surface area contributed by atoms with Crippen LogP contribution in [0, 0.1) is 0 Å². The molecule has 112 valence electrons. The van der Waals surface area contributed by atoms with Gasteiger partial charge in [-0.3, -0.25) is 0 Å². The van der Waals surface area contributed by atoms with Crippen molar-refractivity contribution >= 4 is 17.1 Å². The molecule has 5 heteroatoms. The molecule has 0 aliphatic heterocycles. The van der Waals surface area contributed by atoms with E-state index in [9.17, 15) is 4.79 Å². The molecule has 3 aromatic rings. The van der Waals surface area contributed by atoms with Crippen molar-refractivity contribution in [3.05, 3.63) is 66.0 Å². The monoisotopic (exact) mass is 295 g/mol. The Hall–Kier alpha value is -2.82. The average Bonchev–Trinajstić information content (AvgIpc) is 2.98. The van der Waals surface area contributed by atoms with Gasteiger partial charge in [-0.25, -0.2) is 9.78 Å². The molecule has 1 atom stereocenters. The summed E-state index contributed by atoms with van der Waals surface area (Å²) in [5.41, 5.74) is 2.78. The van der Waals surface area contributed by atoms with E-state index >= 15 is 0 Å². The number of amides is 1. The lowest BCUT2D eigenvalue weighted by Crippen LogP contribution is -2.27. The van der Waals surface area contributed by atoms with Crippen LogP contribution in [0.1, 0.15) is 24.4 Å². The van der Waals surface area contributed by atoms with Gasteiger partial charge in [0, 0.05) is 0 Å². The predicted octanol–water partition coefficient (Wildman–Crippen LogP) is 3.55. The molecule has 0 aliphatic carbocycles. The minimum absolute atomic E-state index is 0.250. The normalized spacial score (nSPS) is 12.0. The van der Waals surface area contributed by atoms with Gasteiger partial charge in [0.1, 0.15) is 12.4 Å². The number of nitrogens with one attached hydrogen (secondary N) is 2. The van der Waals surface area contributed by atoms with Gasteiger partial charge in [-0.05, 0) is 24.6 Å². The largest absolute Gasteiger partial charge is 0.445 e. The number of alkyl carbamates (subject to hydrolysis) is 1. The molecule has 0 saturated heterocycles. The Morgan fingerprint density at radius 2 is 1.91 bits per heavy atom. The number of hydrogen-bond donors (Lipinski definition) is 2. The number of aromatic amines is 1. The number of hydrogen-bond acceptors (Lipinski definition) is 3. The van der Waals surface area contributed by atoms with E-state index in [0.717, 1.165) is 16.6 Å². The van der Waals surface area contributed by atoms with Crippen LogP contribution >= 0.6 is 0 Å². The first kappa shape index (κ1) is 14.1. The van der Waals surface area contributed by atoms with Crippen molar-refractivity contribution < 1.29 is 9.53 Å². The number of carbonyl (C=O) groups excluding carboxylic acids is 1. The second-order valence-corrected chi connectivity index (χ2v) is 5.07. The van der Waals surface area contributed by atoms with E-state index in [0.29, 0.717) is 5.82 Å². The summed E-state index contributed by atoms with van der Waals surface area (Å²) in [4.78, 5) is 19.5. The molecule has 0 spiro atoms. The number of nitrogens with zero attached hydrogens (tertiary/aromatic N) is 1. The zero-order chi connectivity index (χ0) is 15.4. The zero-order valence-electron chi connectivity index (χ0n) is 12.2. The Kier molecular flexibility index (Phi) is 4.05. The van der Waals surface area contributed by atoms with Crippen molar-refractivity contribution in [2.45, 2.75) is 19.6 Å². The summed E-state index contributed by atoms with van der Waals surface area (Å²) < 4.78 is 5.20. The van der Waals surface area contributed by atoms with E-state index in [1.165, 1.54) is 0 Å². The van der Waals surface area contributed by atoms with Crippen LogP contribution in [0.5, 0.6) is 0 Å². The average molecular weight is 295 g/mol. The molecule has 0 bridgehead atoms. The standard InChI is InChI=1S/C17H17N3O2/c1-12(16-19-14-9-5-6-10-15(14)20-16)18-17(21)22-11-13-7-3-2-4-8-13/h2-10,12H,11H2,1H3,(H,18,21)(H,19,20)/t12-/m0/s1. The second kappa shape index (κ2) is 6.30. The molecule has 1 aromatic heterocycles. The van der Waals surface area contributed by atoms with Gasteiger partial charge in [0.15, 0.2) is 0 Å². The maximum atomic E-state index is 11.8. The molecule has 0 fully saturated rings. The fraction of sp³-hybridized carbons (Fsp3) is 0.176. The highest BCUT2D eigenvalue weighted by atomic mass is 16.5. The van der Waals surface area contributed by atoms with Gasteiger partial charge in [0.05, 0.1) is 17.1 Å². The minimum Gasteiger partial charge on any atom is -0.445 e. The molecule has 1 heterocycles. The summed E-state index contributed by atoms with van der Waals surface area (Å²) in [6, 6.07) is 17.1. The summed E-state index contributed by atoms with van der Waals surface area (Å²) in [7, 11) is 0. The molecule has 0 saturated carbocycles. The Morgan fingerprint density at radius 3 is 2.68 bits per heavy atom. The Bertz CT molecular complexity index is 735. The highest BCUT2D eigenvalue weighted by Crippen LogP contribution is 2.15. The van der Waals surface area contributed by atoms with E-state index in [2.05, 4.69) is 15.3 Å². The first-order chi connectivity index (χ1) is 10.7. The molecule has 5 nitrogen and oxygen atoms in total. The van der Waals surface area contributed by atoms with Crippen LogP contribution in [0.25, 0.3) is 11.0 Å². The first-order valence-corrected chi connectivity index (χ1v) is 7.14. The molecule has 2 aromatic carbocycles. The molecule has 22 heavy (non-hydrogen) atoms. The summed E-state index contributed by atoms with van der Waals surface area (Å²) >= 11 is 0. The third-order valence-electron chi connectivity index (χ3n) is 3.36. The van der Waals surface area contributed by atoms with Gasteiger partial charge in [-0.15, -0.1) is 0 Å². The molecule has 1 amide bonds. The van der Waals surface area contributed by atoms with E-state index in [4.69, 9.17) is 4.74 Å². The smallest absolute Gasteiger partial charge is 0.408 e. The fourth-order valence-electron chi connectivity index (χ4n) is 2.19. The highest BCUT2D eigenvalue weighted by Gasteiger charge is 2.14. The van der Waals surface area contributed by atoms with Gasteiger partial charge in [-0.1, -0.05) is 42.5 Å². The van der Waals surface area contributed by atoms with Crippen molar-refractivity contribution in [1.82, 2.24) is 15.3 Å². The van der Waals surface area contributed by atoms with Crippen molar-refractivity contribution in [2.24, 2.45) is 0 Å². The predicted molar refractivity (Wildman–Crippen MR) is 84.3 cm³/mol. The lowest BCUT2D eigenvalue weighted by molar-refractivity contribution is 0.136. The summed E-state index contributed by atoms with van der Waals surface area (Å²) in [6.45, 7) is 2.11. The summed E-state index contributed by atoms with van der Waals surface area (Å²) in [5, 5.41) is 2.77. The third-order valence-corrected chi connectivity index (χ3v) is 3.36. The van der Waals surface area contributed by atoms with Gasteiger partial charge in [-0.2, -0.15) is 0 Å². The highest BCUT2D eigenvalue weighted by molar-refractivity contribution is 5.75. The molecule has 0 aliphatic rings. The number of H-pyrrole nitrogens is 1. The number of carbonyl (C=O) groups is 1. The van der Waals surface area contributed by atoms with Crippen LogP contribution in [0.2, 0.25) is 0 Å². The fourth-order valence-corrected chi connectivity index (χ4v) is 2.19. The van der Waals surface area contributed by atoms with E-state index in [1.807, 2.05) is 61.5 Å². The van der Waals surface area contributed by atoms with Crippen LogP contribution in [0.3, 0.4) is 0 Å². The Labute approximate surface area is 128 Å². The number of imidazole rings is 1. The van der Waals surface area contributed by atoms with Gasteiger partial charge >= 0.3 is 6.09 Å². The molecular weight excluding hydrogens is 278 g/mol. The first-order valence-electron chi connectivity index (χ1n) is 7.14. The van der Waals surface area contributed by atoms with E-state index in [1.54, 1.807) is 0 Å². The molecule has 2 N–H and O–H groups in total. The van der Waals surface area contributed by atoms with Gasteiger partial charge < -0.3 is 15.0 Å². The maximum absolute atomic E-state index is 11.8.